The topological polar surface area (TPSA) is 75.3 Å². The third kappa shape index (κ3) is 4.78. The summed E-state index contributed by atoms with van der Waals surface area (Å²) in [4.78, 5) is 12.6. The van der Waals surface area contributed by atoms with Crippen LogP contribution in [0.25, 0.3) is 0 Å². The summed E-state index contributed by atoms with van der Waals surface area (Å²) in [6.45, 7) is 1.85. The van der Waals surface area contributed by atoms with Gasteiger partial charge in [0.05, 0.1) is 15.6 Å². The molecule has 3 aromatic carbocycles. The second-order valence-corrected chi connectivity index (χ2v) is 8.37. The quantitative estimate of drug-likeness (QED) is 0.628. The lowest BCUT2D eigenvalue weighted by Gasteiger charge is -2.12. The van der Waals surface area contributed by atoms with E-state index in [2.05, 4.69) is 10.0 Å². The number of carbonyl (C=O) groups is 1. The molecule has 0 aliphatic rings. The Hall–Kier alpha value is -2.67. The maximum atomic E-state index is 12.7. The largest absolute Gasteiger partial charge is 0.321 e. The Morgan fingerprint density at radius 1 is 0.964 bits per heavy atom. The average Bonchev–Trinajstić information content (AvgIpc) is 2.69. The molecule has 0 saturated carbocycles. The predicted molar refractivity (Wildman–Crippen MR) is 111 cm³/mol. The number of carbonyl (C=O) groups excluding carboxylic acids is 1. The van der Waals surface area contributed by atoms with Crippen molar-refractivity contribution >= 4 is 33.2 Å². The minimum absolute atomic E-state index is 0.0650. The van der Waals surface area contributed by atoms with Crippen molar-refractivity contribution < 1.29 is 13.2 Å². The lowest BCUT2D eigenvalue weighted by molar-refractivity contribution is 0.102. The zero-order valence-corrected chi connectivity index (χ0v) is 16.7. The number of halogens is 1. The first kappa shape index (κ1) is 20.1. The Bertz CT molecular complexity index is 1100. The maximum absolute atomic E-state index is 12.7. The van der Waals surface area contributed by atoms with Gasteiger partial charge >= 0.3 is 0 Å². The molecule has 2 N–H and O–H groups in total. The molecule has 0 aliphatic heterocycles. The lowest BCUT2D eigenvalue weighted by Crippen LogP contribution is -2.24. The zero-order chi connectivity index (χ0) is 20.1. The molecule has 0 radical (unpaired) electrons. The first-order valence-corrected chi connectivity index (χ1v) is 10.4. The summed E-state index contributed by atoms with van der Waals surface area (Å²) >= 11 is 6.06. The summed E-state index contributed by atoms with van der Waals surface area (Å²) < 4.78 is 28.1. The molecular weight excluding hydrogens is 396 g/mol. The highest BCUT2D eigenvalue weighted by molar-refractivity contribution is 7.89. The summed E-state index contributed by atoms with van der Waals surface area (Å²) in [5, 5.41) is 3.10. The number of amides is 1. The van der Waals surface area contributed by atoms with Crippen LogP contribution >= 0.6 is 11.6 Å². The van der Waals surface area contributed by atoms with Crippen LogP contribution in [0.4, 0.5) is 5.69 Å². The van der Waals surface area contributed by atoms with E-state index in [0.29, 0.717) is 16.3 Å². The van der Waals surface area contributed by atoms with Gasteiger partial charge in [-0.25, -0.2) is 13.1 Å². The molecule has 0 aromatic heterocycles. The third-order valence-electron chi connectivity index (χ3n) is 4.17. The number of benzene rings is 3. The summed E-state index contributed by atoms with van der Waals surface area (Å²) in [5.41, 5.74) is 2.08. The van der Waals surface area contributed by atoms with Crippen molar-refractivity contribution in [2.24, 2.45) is 0 Å². The van der Waals surface area contributed by atoms with E-state index in [1.807, 2.05) is 30.3 Å². The molecule has 3 rings (SSSR count). The zero-order valence-electron chi connectivity index (χ0n) is 15.1. The first-order valence-electron chi connectivity index (χ1n) is 8.57. The molecule has 0 aliphatic carbocycles. The van der Waals surface area contributed by atoms with Crippen LogP contribution in [-0.4, -0.2) is 14.3 Å². The van der Waals surface area contributed by atoms with Gasteiger partial charge in [-0.2, -0.15) is 0 Å². The molecule has 0 spiro atoms. The van der Waals surface area contributed by atoms with Gasteiger partial charge in [-0.3, -0.25) is 4.79 Å². The standard InChI is InChI=1S/C21H19ClN2O3S/c1-15-11-12-17(21(25)24-19-10-6-5-9-18(19)22)13-20(15)28(26,27)23-14-16-7-3-2-4-8-16/h2-13,23H,14H2,1H3,(H,24,25). The van der Waals surface area contributed by atoms with Gasteiger partial charge in [0.25, 0.3) is 5.91 Å². The van der Waals surface area contributed by atoms with Gasteiger partial charge in [0, 0.05) is 12.1 Å². The summed E-state index contributed by atoms with van der Waals surface area (Å²) in [7, 11) is -3.78. The monoisotopic (exact) mass is 414 g/mol. The highest BCUT2D eigenvalue weighted by Crippen LogP contribution is 2.23. The van der Waals surface area contributed by atoms with Gasteiger partial charge in [-0.1, -0.05) is 60.1 Å². The van der Waals surface area contributed by atoms with E-state index >= 15 is 0 Å². The van der Waals surface area contributed by atoms with E-state index in [-0.39, 0.29) is 17.0 Å². The SMILES string of the molecule is Cc1ccc(C(=O)Nc2ccccc2Cl)cc1S(=O)(=O)NCc1ccccc1. The van der Waals surface area contributed by atoms with Crippen LogP contribution in [0.15, 0.2) is 77.7 Å². The Balaban J connectivity index is 1.82. The minimum Gasteiger partial charge on any atom is -0.321 e. The van der Waals surface area contributed by atoms with Crippen LogP contribution < -0.4 is 10.0 Å². The van der Waals surface area contributed by atoms with Crippen molar-refractivity contribution in [2.45, 2.75) is 18.4 Å². The Labute approximate surface area is 169 Å². The van der Waals surface area contributed by atoms with Crippen molar-refractivity contribution in [1.29, 1.82) is 0 Å². The second-order valence-electron chi connectivity index (χ2n) is 6.22. The van der Waals surface area contributed by atoms with E-state index in [1.165, 1.54) is 6.07 Å². The van der Waals surface area contributed by atoms with Gasteiger partial charge < -0.3 is 5.32 Å². The van der Waals surface area contributed by atoms with Crippen molar-refractivity contribution in [3.63, 3.8) is 0 Å². The van der Waals surface area contributed by atoms with E-state index < -0.39 is 15.9 Å². The highest BCUT2D eigenvalue weighted by Gasteiger charge is 2.19. The number of aryl methyl sites for hydroxylation is 1. The smallest absolute Gasteiger partial charge is 0.255 e. The van der Waals surface area contributed by atoms with Gasteiger partial charge in [0.15, 0.2) is 0 Å². The molecule has 144 valence electrons. The van der Waals surface area contributed by atoms with Crippen molar-refractivity contribution in [2.75, 3.05) is 5.32 Å². The number of para-hydroxylation sites is 1. The molecule has 0 saturated heterocycles. The van der Waals surface area contributed by atoms with Gasteiger partial charge in [-0.05, 0) is 42.3 Å². The summed E-state index contributed by atoms with van der Waals surface area (Å²) in [5.74, 6) is -0.437. The van der Waals surface area contributed by atoms with Crippen molar-refractivity contribution in [1.82, 2.24) is 4.72 Å². The molecule has 0 atom stereocenters. The van der Waals surface area contributed by atoms with Gasteiger partial charge in [0.1, 0.15) is 0 Å². The minimum atomic E-state index is -3.78. The first-order chi connectivity index (χ1) is 13.4. The number of hydrogen-bond donors (Lipinski definition) is 2. The molecular formula is C21H19ClN2O3S. The van der Waals surface area contributed by atoms with Crippen LogP contribution in [0.5, 0.6) is 0 Å². The molecule has 3 aromatic rings. The van der Waals surface area contributed by atoms with E-state index in [4.69, 9.17) is 11.6 Å². The van der Waals surface area contributed by atoms with Crippen molar-refractivity contribution in [3.8, 4) is 0 Å². The predicted octanol–water partition coefficient (Wildman–Crippen LogP) is 4.38. The molecule has 0 fully saturated rings. The molecule has 1 amide bonds. The molecule has 0 unspecified atom stereocenters. The number of sulfonamides is 1. The highest BCUT2D eigenvalue weighted by atomic mass is 35.5. The van der Waals surface area contributed by atoms with Crippen molar-refractivity contribution in [3.05, 3.63) is 94.5 Å². The number of rotatable bonds is 6. The van der Waals surface area contributed by atoms with E-state index in [1.54, 1.807) is 43.3 Å². The maximum Gasteiger partial charge on any atom is 0.255 e. The lowest BCUT2D eigenvalue weighted by atomic mass is 10.1. The summed E-state index contributed by atoms with van der Waals surface area (Å²) in [6, 6.07) is 20.6. The Morgan fingerprint density at radius 3 is 2.36 bits per heavy atom. The third-order valence-corrected chi connectivity index (χ3v) is 6.04. The fourth-order valence-electron chi connectivity index (χ4n) is 2.64. The fourth-order valence-corrected chi connectivity index (χ4v) is 4.11. The van der Waals surface area contributed by atoms with E-state index in [9.17, 15) is 13.2 Å². The van der Waals surface area contributed by atoms with Crippen LogP contribution in [-0.2, 0) is 16.6 Å². The fraction of sp³-hybridized carbons (Fsp3) is 0.0952. The number of anilines is 1. The van der Waals surface area contributed by atoms with Gasteiger partial charge in [-0.15, -0.1) is 0 Å². The summed E-state index contributed by atoms with van der Waals surface area (Å²) in [6.07, 6.45) is 0. The second kappa shape index (κ2) is 8.56. The van der Waals surface area contributed by atoms with Crippen LogP contribution in [0.3, 0.4) is 0 Å². The van der Waals surface area contributed by atoms with Crippen LogP contribution in [0, 0.1) is 6.92 Å². The number of hydrogen-bond acceptors (Lipinski definition) is 3. The average molecular weight is 415 g/mol. The molecule has 0 bridgehead atoms. The van der Waals surface area contributed by atoms with E-state index in [0.717, 1.165) is 5.56 Å². The molecule has 0 heterocycles. The molecule has 7 heteroatoms. The molecule has 5 nitrogen and oxygen atoms in total. The normalized spacial score (nSPS) is 11.2. The van der Waals surface area contributed by atoms with Gasteiger partial charge in [0.2, 0.25) is 10.0 Å². The Morgan fingerprint density at radius 2 is 1.64 bits per heavy atom. The van der Waals surface area contributed by atoms with Crippen LogP contribution in [0.1, 0.15) is 21.5 Å². The van der Waals surface area contributed by atoms with Crippen LogP contribution in [0.2, 0.25) is 5.02 Å². The number of nitrogens with one attached hydrogen (secondary N) is 2. The molecule has 28 heavy (non-hydrogen) atoms. The Kier molecular flexibility index (Phi) is 6.14.